The summed E-state index contributed by atoms with van der Waals surface area (Å²) in [6.07, 6.45) is 0.628. The number of sulfonamides is 1. The van der Waals surface area contributed by atoms with Crippen molar-refractivity contribution < 1.29 is 22.3 Å². The van der Waals surface area contributed by atoms with Gasteiger partial charge in [-0.15, -0.1) is 0 Å². The van der Waals surface area contributed by atoms with Crippen LogP contribution in [-0.4, -0.2) is 39.9 Å². The number of fused-ring (bicyclic) bond motifs is 1. The summed E-state index contributed by atoms with van der Waals surface area (Å²) in [4.78, 5) is 14.5. The molecule has 0 atom stereocenters. The van der Waals surface area contributed by atoms with Gasteiger partial charge in [-0.3, -0.25) is 9.10 Å². The summed E-state index contributed by atoms with van der Waals surface area (Å²) in [5.41, 5.74) is 2.07. The molecule has 1 heterocycles. The van der Waals surface area contributed by atoms with E-state index in [9.17, 15) is 17.6 Å². The quantitative estimate of drug-likeness (QED) is 0.567. The smallest absolute Gasteiger partial charge is 0.264 e. The molecule has 0 spiro atoms. The Morgan fingerprint density at radius 2 is 1.81 bits per heavy atom. The average Bonchev–Trinajstić information content (AvgIpc) is 3.24. The van der Waals surface area contributed by atoms with Crippen molar-refractivity contribution in [3.05, 3.63) is 89.2 Å². The average molecular weight is 455 g/mol. The molecule has 3 aromatic rings. The predicted octanol–water partition coefficient (Wildman–Crippen LogP) is 3.86. The van der Waals surface area contributed by atoms with Gasteiger partial charge in [0.15, 0.2) is 0 Å². The monoisotopic (exact) mass is 454 g/mol. The van der Waals surface area contributed by atoms with Crippen molar-refractivity contribution in [1.29, 1.82) is 0 Å². The molecule has 0 fully saturated rings. The number of hydrogen-bond acceptors (Lipinski definition) is 4. The summed E-state index contributed by atoms with van der Waals surface area (Å²) in [5.74, 6) is -0.636. The Balaban J connectivity index is 1.67. The van der Waals surface area contributed by atoms with Crippen molar-refractivity contribution in [2.45, 2.75) is 17.9 Å². The topological polar surface area (TPSA) is 66.9 Å². The zero-order valence-corrected chi connectivity index (χ0v) is 18.6. The number of rotatable bonds is 6. The second kappa shape index (κ2) is 8.63. The number of nitrogens with zero attached hydrogens (tertiary/aromatic N) is 2. The van der Waals surface area contributed by atoms with Crippen LogP contribution in [0.15, 0.2) is 71.6 Å². The molecule has 0 aliphatic carbocycles. The van der Waals surface area contributed by atoms with Crippen LogP contribution >= 0.6 is 0 Å². The molecule has 3 aromatic carbocycles. The van der Waals surface area contributed by atoms with Crippen molar-refractivity contribution in [2.75, 3.05) is 25.0 Å². The van der Waals surface area contributed by atoms with E-state index in [2.05, 4.69) is 0 Å². The molecule has 0 N–H and O–H groups in total. The Kier molecular flexibility index (Phi) is 5.88. The third-order valence-corrected chi connectivity index (χ3v) is 7.36. The second-order valence-corrected chi connectivity index (χ2v) is 9.43. The zero-order valence-electron chi connectivity index (χ0n) is 17.8. The number of benzene rings is 3. The van der Waals surface area contributed by atoms with E-state index >= 15 is 0 Å². The van der Waals surface area contributed by atoms with Crippen molar-refractivity contribution in [2.24, 2.45) is 0 Å². The fourth-order valence-corrected chi connectivity index (χ4v) is 5.39. The van der Waals surface area contributed by atoms with Crippen LogP contribution in [-0.2, 0) is 23.0 Å². The first-order chi connectivity index (χ1) is 15.3. The summed E-state index contributed by atoms with van der Waals surface area (Å²) >= 11 is 0. The molecule has 32 heavy (non-hydrogen) atoms. The van der Waals surface area contributed by atoms with Gasteiger partial charge in [0.1, 0.15) is 11.6 Å². The fourth-order valence-electron chi connectivity index (χ4n) is 3.86. The van der Waals surface area contributed by atoms with Gasteiger partial charge in [0.2, 0.25) is 0 Å². The molecule has 0 saturated carbocycles. The molecule has 1 aliphatic heterocycles. The second-order valence-electron chi connectivity index (χ2n) is 7.57. The maximum atomic E-state index is 14.0. The highest BCUT2D eigenvalue weighted by atomic mass is 32.2. The van der Waals surface area contributed by atoms with Crippen LogP contribution < -0.4 is 9.04 Å². The number of hydrogen-bond donors (Lipinski definition) is 0. The van der Waals surface area contributed by atoms with Gasteiger partial charge >= 0.3 is 0 Å². The van der Waals surface area contributed by atoms with Crippen LogP contribution in [0, 0.1) is 5.82 Å². The molecule has 1 aliphatic rings. The Bertz CT molecular complexity index is 1280. The van der Waals surface area contributed by atoms with Crippen LogP contribution in [0.5, 0.6) is 5.75 Å². The SMILES string of the molecule is COc1ccc(S(=O)(=O)N2CCc3ccccc32)cc1C(=O)N(C)Cc1ccccc1F. The Morgan fingerprint density at radius 3 is 2.56 bits per heavy atom. The first-order valence-corrected chi connectivity index (χ1v) is 11.5. The molecule has 0 radical (unpaired) electrons. The third-order valence-electron chi connectivity index (χ3n) is 5.55. The number of ether oxygens (including phenoxy) is 1. The lowest BCUT2D eigenvalue weighted by atomic mass is 10.1. The number of amides is 1. The number of carbonyl (C=O) groups excluding carboxylic acids is 1. The van der Waals surface area contributed by atoms with Gasteiger partial charge in [-0.05, 0) is 42.3 Å². The van der Waals surface area contributed by atoms with Gasteiger partial charge in [-0.25, -0.2) is 12.8 Å². The lowest BCUT2D eigenvalue weighted by molar-refractivity contribution is 0.0780. The minimum Gasteiger partial charge on any atom is -0.496 e. The molecule has 0 saturated heterocycles. The third kappa shape index (κ3) is 3.93. The summed E-state index contributed by atoms with van der Waals surface area (Å²) < 4.78 is 47.5. The number of halogens is 1. The lowest BCUT2D eigenvalue weighted by Gasteiger charge is -2.22. The molecular formula is C24H23FN2O4S. The van der Waals surface area contributed by atoms with E-state index in [-0.39, 0.29) is 22.8 Å². The molecule has 8 heteroatoms. The molecule has 0 unspecified atom stereocenters. The number of para-hydroxylation sites is 1. The molecule has 6 nitrogen and oxygen atoms in total. The first-order valence-electron chi connectivity index (χ1n) is 10.1. The highest BCUT2D eigenvalue weighted by Crippen LogP contribution is 2.34. The van der Waals surface area contributed by atoms with Gasteiger partial charge < -0.3 is 9.64 Å². The highest BCUT2D eigenvalue weighted by Gasteiger charge is 2.32. The van der Waals surface area contributed by atoms with E-state index in [0.29, 0.717) is 24.2 Å². The van der Waals surface area contributed by atoms with Crippen molar-refractivity contribution >= 4 is 21.6 Å². The molecule has 1 amide bonds. The van der Waals surface area contributed by atoms with E-state index in [1.54, 1.807) is 30.3 Å². The highest BCUT2D eigenvalue weighted by molar-refractivity contribution is 7.92. The van der Waals surface area contributed by atoms with Crippen LogP contribution in [0.1, 0.15) is 21.5 Å². The van der Waals surface area contributed by atoms with Crippen molar-refractivity contribution in [3.8, 4) is 5.75 Å². The first kappa shape index (κ1) is 21.8. The Hall–Kier alpha value is -3.39. The Morgan fingerprint density at radius 1 is 1.09 bits per heavy atom. The summed E-state index contributed by atoms with van der Waals surface area (Å²) in [5, 5.41) is 0. The molecule has 4 rings (SSSR count). The van der Waals surface area contributed by atoms with E-state index in [1.807, 2.05) is 12.1 Å². The van der Waals surface area contributed by atoms with Crippen LogP contribution in [0.3, 0.4) is 0 Å². The zero-order chi connectivity index (χ0) is 22.9. The lowest BCUT2D eigenvalue weighted by Crippen LogP contribution is -2.30. The molecule has 166 valence electrons. The largest absolute Gasteiger partial charge is 0.496 e. The van der Waals surface area contributed by atoms with Gasteiger partial charge in [0.25, 0.3) is 15.9 Å². The molecular weight excluding hydrogens is 431 g/mol. The van der Waals surface area contributed by atoms with E-state index in [4.69, 9.17) is 4.74 Å². The van der Waals surface area contributed by atoms with Crippen molar-refractivity contribution in [1.82, 2.24) is 4.90 Å². The number of carbonyl (C=O) groups is 1. The van der Waals surface area contributed by atoms with E-state index in [0.717, 1.165) is 5.56 Å². The normalized spacial score (nSPS) is 13.0. The number of anilines is 1. The van der Waals surface area contributed by atoms with E-state index in [1.165, 1.54) is 47.6 Å². The minimum atomic E-state index is -3.88. The van der Waals surface area contributed by atoms with Gasteiger partial charge in [0, 0.05) is 25.7 Å². The van der Waals surface area contributed by atoms with Crippen LogP contribution in [0.4, 0.5) is 10.1 Å². The maximum Gasteiger partial charge on any atom is 0.264 e. The van der Waals surface area contributed by atoms with Crippen LogP contribution in [0.2, 0.25) is 0 Å². The predicted molar refractivity (Wildman–Crippen MR) is 120 cm³/mol. The summed E-state index contributed by atoms with van der Waals surface area (Å²) in [6, 6.07) is 17.8. The molecule has 0 aromatic heterocycles. The summed E-state index contributed by atoms with van der Waals surface area (Å²) in [6.45, 7) is 0.370. The van der Waals surface area contributed by atoms with Gasteiger partial charge in [0.05, 0.1) is 23.3 Å². The molecule has 0 bridgehead atoms. The number of methoxy groups -OCH3 is 1. The maximum absolute atomic E-state index is 14.0. The van der Waals surface area contributed by atoms with E-state index < -0.39 is 21.7 Å². The van der Waals surface area contributed by atoms with Crippen LogP contribution in [0.25, 0.3) is 0 Å². The van der Waals surface area contributed by atoms with Crippen molar-refractivity contribution in [3.63, 3.8) is 0 Å². The minimum absolute atomic E-state index is 0.00218. The van der Waals surface area contributed by atoms with Gasteiger partial charge in [-0.2, -0.15) is 0 Å². The van der Waals surface area contributed by atoms with Gasteiger partial charge in [-0.1, -0.05) is 36.4 Å². The standard InChI is InChI=1S/C24H23FN2O4S/c1-26(16-18-8-3-5-9-21(18)25)24(28)20-15-19(11-12-23(20)31-2)32(29,30)27-14-13-17-7-4-6-10-22(17)27/h3-12,15H,13-14,16H2,1-2H3. The Labute approximate surface area is 186 Å². The fraction of sp³-hybridized carbons (Fsp3) is 0.208. The summed E-state index contributed by atoms with van der Waals surface area (Å²) in [7, 11) is -0.933.